The van der Waals surface area contributed by atoms with Crippen LogP contribution in [0, 0.1) is 6.92 Å². The van der Waals surface area contributed by atoms with E-state index in [-0.39, 0.29) is 11.1 Å². The van der Waals surface area contributed by atoms with Crippen LogP contribution >= 0.6 is 11.8 Å². The quantitative estimate of drug-likeness (QED) is 0.375. The summed E-state index contributed by atoms with van der Waals surface area (Å²) >= 11 is 1.01. The SMILES string of the molecule is CCN1C(=O)S/C(=C\c2cn(CCCOc3ccc(C)cc3)c3ccccc23)C1=O. The Bertz CT molecular complexity index is 1120. The summed E-state index contributed by atoms with van der Waals surface area (Å²) in [4.78, 5) is 26.2. The van der Waals surface area contributed by atoms with Crippen LogP contribution < -0.4 is 4.74 Å². The average molecular weight is 421 g/mol. The Morgan fingerprint density at radius 3 is 2.57 bits per heavy atom. The Kier molecular flexibility index (Phi) is 5.95. The first kappa shape index (κ1) is 20.3. The van der Waals surface area contributed by atoms with Gasteiger partial charge in [0.25, 0.3) is 11.1 Å². The van der Waals surface area contributed by atoms with Gasteiger partial charge in [-0.2, -0.15) is 0 Å². The molecule has 1 saturated heterocycles. The fourth-order valence-electron chi connectivity index (χ4n) is 3.55. The summed E-state index contributed by atoms with van der Waals surface area (Å²) in [5.41, 5.74) is 3.27. The third kappa shape index (κ3) is 4.14. The third-order valence-corrected chi connectivity index (χ3v) is 6.04. The molecule has 0 saturated carbocycles. The summed E-state index contributed by atoms with van der Waals surface area (Å²) in [7, 11) is 0. The molecule has 2 aromatic carbocycles. The molecule has 2 amide bonds. The number of hydrogen-bond acceptors (Lipinski definition) is 4. The Balaban J connectivity index is 1.50. The second kappa shape index (κ2) is 8.79. The minimum atomic E-state index is -0.212. The number of aromatic nitrogens is 1. The van der Waals surface area contributed by atoms with Crippen LogP contribution in [0.25, 0.3) is 17.0 Å². The van der Waals surface area contributed by atoms with Gasteiger partial charge in [0.15, 0.2) is 0 Å². The Morgan fingerprint density at radius 2 is 1.83 bits per heavy atom. The standard InChI is InChI=1S/C24H24N2O3S/c1-3-26-23(27)22(30-24(26)28)15-18-16-25(21-8-5-4-7-20(18)21)13-6-14-29-19-11-9-17(2)10-12-19/h4-5,7-12,15-16H,3,6,13-14H2,1-2H3/b22-15-. The topological polar surface area (TPSA) is 51.5 Å². The van der Waals surface area contributed by atoms with Crippen molar-refractivity contribution in [3.8, 4) is 5.75 Å². The largest absolute Gasteiger partial charge is 0.494 e. The van der Waals surface area contributed by atoms with Gasteiger partial charge in [-0.1, -0.05) is 35.9 Å². The molecule has 30 heavy (non-hydrogen) atoms. The fraction of sp³-hybridized carbons (Fsp3) is 0.250. The van der Waals surface area contributed by atoms with E-state index in [1.165, 1.54) is 10.5 Å². The van der Waals surface area contributed by atoms with Crippen LogP contribution in [0.2, 0.25) is 0 Å². The van der Waals surface area contributed by atoms with Gasteiger partial charge in [-0.15, -0.1) is 0 Å². The molecule has 0 atom stereocenters. The molecular weight excluding hydrogens is 396 g/mol. The summed E-state index contributed by atoms with van der Waals surface area (Å²) in [5, 5.41) is 0.867. The number of hydrogen-bond donors (Lipinski definition) is 0. The molecule has 154 valence electrons. The molecule has 2 heterocycles. The van der Waals surface area contributed by atoms with E-state index in [1.807, 2.05) is 55.5 Å². The molecule has 0 N–H and O–H groups in total. The molecule has 1 fully saturated rings. The van der Waals surface area contributed by atoms with Crippen molar-refractivity contribution in [1.29, 1.82) is 0 Å². The highest BCUT2D eigenvalue weighted by atomic mass is 32.2. The molecule has 5 nitrogen and oxygen atoms in total. The molecule has 0 spiro atoms. The number of benzene rings is 2. The van der Waals surface area contributed by atoms with Crippen LogP contribution in [-0.2, 0) is 11.3 Å². The fourth-order valence-corrected chi connectivity index (χ4v) is 4.44. The van der Waals surface area contributed by atoms with Crippen molar-refractivity contribution in [3.05, 3.63) is 70.8 Å². The minimum Gasteiger partial charge on any atom is -0.494 e. The van der Waals surface area contributed by atoms with E-state index in [2.05, 4.69) is 23.8 Å². The maximum atomic E-state index is 12.5. The molecule has 4 rings (SSSR count). The van der Waals surface area contributed by atoms with Crippen molar-refractivity contribution in [2.75, 3.05) is 13.2 Å². The second-order valence-electron chi connectivity index (χ2n) is 7.24. The molecule has 3 aromatic rings. The predicted octanol–water partition coefficient (Wildman–Crippen LogP) is 5.48. The van der Waals surface area contributed by atoms with E-state index < -0.39 is 0 Å². The van der Waals surface area contributed by atoms with Gasteiger partial charge in [0.05, 0.1) is 11.5 Å². The summed E-state index contributed by atoms with van der Waals surface area (Å²) in [6, 6.07) is 16.2. The van der Waals surface area contributed by atoms with Gasteiger partial charge in [0.2, 0.25) is 0 Å². The van der Waals surface area contributed by atoms with Crippen molar-refractivity contribution in [2.24, 2.45) is 0 Å². The summed E-state index contributed by atoms with van der Waals surface area (Å²) < 4.78 is 8.03. The number of nitrogens with zero attached hydrogens (tertiary/aromatic N) is 2. The highest BCUT2D eigenvalue weighted by Crippen LogP contribution is 2.34. The zero-order valence-corrected chi connectivity index (χ0v) is 17.9. The lowest BCUT2D eigenvalue weighted by molar-refractivity contribution is -0.122. The first-order chi connectivity index (χ1) is 14.6. The van der Waals surface area contributed by atoms with Gasteiger partial charge in [0.1, 0.15) is 5.75 Å². The zero-order valence-electron chi connectivity index (χ0n) is 17.1. The molecule has 6 heteroatoms. The van der Waals surface area contributed by atoms with Crippen LogP contribution in [0.5, 0.6) is 5.75 Å². The number of para-hydroxylation sites is 1. The number of carbonyl (C=O) groups is 2. The van der Waals surface area contributed by atoms with E-state index in [9.17, 15) is 9.59 Å². The molecule has 0 unspecified atom stereocenters. The Morgan fingerprint density at radius 1 is 1.07 bits per heavy atom. The highest BCUT2D eigenvalue weighted by Gasteiger charge is 2.33. The first-order valence-corrected chi connectivity index (χ1v) is 10.9. The molecule has 1 aliphatic heterocycles. The molecule has 0 bridgehead atoms. The summed E-state index contributed by atoms with van der Waals surface area (Å²) in [6.07, 6.45) is 4.75. The van der Waals surface area contributed by atoms with E-state index in [4.69, 9.17) is 4.74 Å². The van der Waals surface area contributed by atoms with Crippen molar-refractivity contribution < 1.29 is 14.3 Å². The number of likely N-dealkylation sites (N-methyl/N-ethyl adjacent to an activating group) is 1. The van der Waals surface area contributed by atoms with E-state index in [0.717, 1.165) is 46.9 Å². The normalized spacial score (nSPS) is 15.5. The van der Waals surface area contributed by atoms with Crippen molar-refractivity contribution >= 4 is 39.9 Å². The number of thioether (sulfide) groups is 1. The molecule has 1 aliphatic rings. The number of fused-ring (bicyclic) bond motifs is 1. The Hall–Kier alpha value is -2.99. The second-order valence-corrected chi connectivity index (χ2v) is 8.23. The van der Waals surface area contributed by atoms with Crippen molar-refractivity contribution in [3.63, 3.8) is 0 Å². The number of rotatable bonds is 7. The predicted molar refractivity (Wildman–Crippen MR) is 122 cm³/mol. The summed E-state index contributed by atoms with van der Waals surface area (Å²) in [5.74, 6) is 0.668. The molecular formula is C24H24N2O3S. The maximum Gasteiger partial charge on any atom is 0.293 e. The monoisotopic (exact) mass is 420 g/mol. The third-order valence-electron chi connectivity index (χ3n) is 5.13. The molecule has 0 aliphatic carbocycles. The van der Waals surface area contributed by atoms with Crippen LogP contribution in [0.15, 0.2) is 59.6 Å². The van der Waals surface area contributed by atoms with E-state index >= 15 is 0 Å². The van der Waals surface area contributed by atoms with Crippen LogP contribution in [-0.4, -0.2) is 33.8 Å². The average Bonchev–Trinajstić information content (AvgIpc) is 3.23. The summed E-state index contributed by atoms with van der Waals surface area (Å²) in [6.45, 7) is 5.69. The minimum absolute atomic E-state index is 0.203. The number of imide groups is 1. The lowest BCUT2D eigenvalue weighted by Gasteiger charge is -2.08. The smallest absolute Gasteiger partial charge is 0.293 e. The first-order valence-electron chi connectivity index (χ1n) is 10.1. The van der Waals surface area contributed by atoms with Crippen LogP contribution in [0.4, 0.5) is 4.79 Å². The van der Waals surface area contributed by atoms with Gasteiger partial charge >= 0.3 is 0 Å². The number of ether oxygens (including phenoxy) is 1. The van der Waals surface area contributed by atoms with Crippen LogP contribution in [0.1, 0.15) is 24.5 Å². The lowest BCUT2D eigenvalue weighted by Crippen LogP contribution is -2.27. The van der Waals surface area contributed by atoms with Crippen LogP contribution in [0.3, 0.4) is 0 Å². The number of carbonyl (C=O) groups excluding carboxylic acids is 2. The van der Waals surface area contributed by atoms with Crippen molar-refractivity contribution in [1.82, 2.24) is 9.47 Å². The maximum absolute atomic E-state index is 12.5. The number of amides is 2. The zero-order chi connectivity index (χ0) is 21.1. The van der Waals surface area contributed by atoms with Gasteiger partial charge in [-0.25, -0.2) is 0 Å². The van der Waals surface area contributed by atoms with Gasteiger partial charge in [-0.3, -0.25) is 14.5 Å². The molecule has 1 aromatic heterocycles. The van der Waals surface area contributed by atoms with Gasteiger partial charge < -0.3 is 9.30 Å². The van der Waals surface area contributed by atoms with Gasteiger partial charge in [0, 0.05) is 35.8 Å². The Labute approximate surface area is 180 Å². The highest BCUT2D eigenvalue weighted by molar-refractivity contribution is 8.18. The molecule has 0 radical (unpaired) electrons. The van der Waals surface area contributed by atoms with Gasteiger partial charge in [-0.05, 0) is 56.3 Å². The van der Waals surface area contributed by atoms with Crippen molar-refractivity contribution in [2.45, 2.75) is 26.8 Å². The lowest BCUT2D eigenvalue weighted by atomic mass is 10.1. The van der Waals surface area contributed by atoms with E-state index in [0.29, 0.717) is 18.1 Å². The van der Waals surface area contributed by atoms with E-state index in [1.54, 1.807) is 0 Å². The number of aryl methyl sites for hydroxylation is 2.